The average Bonchev–Trinajstić information content (AvgIpc) is 2.04. The van der Waals surface area contributed by atoms with Crippen LogP contribution < -0.4 is 0 Å². The second-order valence-corrected chi connectivity index (χ2v) is 6.92. The Morgan fingerprint density at radius 2 is 1.85 bits per heavy atom. The van der Waals surface area contributed by atoms with Crippen LogP contribution in [0.25, 0.3) is 0 Å². The fourth-order valence-electron chi connectivity index (χ4n) is 1.35. The molecule has 0 saturated carbocycles. The molecule has 1 aliphatic rings. The van der Waals surface area contributed by atoms with Gasteiger partial charge >= 0.3 is 0 Å². The van der Waals surface area contributed by atoms with Crippen molar-refractivity contribution in [1.82, 2.24) is 4.31 Å². The lowest BCUT2D eigenvalue weighted by molar-refractivity contribution is 0.438. The maximum Gasteiger partial charge on any atom is 0.214 e. The first-order chi connectivity index (χ1) is 6.02. The molecule has 0 amide bonds. The van der Waals surface area contributed by atoms with Gasteiger partial charge < -0.3 is 0 Å². The molecule has 1 fully saturated rings. The van der Waals surface area contributed by atoms with E-state index in [1.807, 2.05) is 25.6 Å². The number of thioether (sulfide) groups is 1. The third-order valence-electron chi connectivity index (χ3n) is 1.91. The Balaban J connectivity index is 2.57. The van der Waals surface area contributed by atoms with Crippen molar-refractivity contribution >= 4 is 21.8 Å². The SMILES string of the molecule is CC(C)CS(=O)(=O)N1CCSCC1. The van der Waals surface area contributed by atoms with Gasteiger partial charge in [-0.1, -0.05) is 13.8 Å². The predicted octanol–water partition coefficient (Wildman–Crippen LogP) is 1.02. The summed E-state index contributed by atoms with van der Waals surface area (Å²) >= 11 is 1.83. The molecule has 1 saturated heterocycles. The van der Waals surface area contributed by atoms with Crippen molar-refractivity contribution in [2.45, 2.75) is 13.8 Å². The van der Waals surface area contributed by atoms with Crippen LogP contribution >= 0.6 is 11.8 Å². The molecule has 0 unspecified atom stereocenters. The van der Waals surface area contributed by atoms with Gasteiger partial charge in [0.15, 0.2) is 0 Å². The predicted molar refractivity (Wildman–Crippen MR) is 57.5 cm³/mol. The van der Waals surface area contributed by atoms with E-state index < -0.39 is 10.0 Å². The molecule has 0 spiro atoms. The molecule has 0 atom stereocenters. The van der Waals surface area contributed by atoms with E-state index in [1.165, 1.54) is 0 Å². The lowest BCUT2D eigenvalue weighted by Crippen LogP contribution is -2.40. The Morgan fingerprint density at radius 3 is 2.31 bits per heavy atom. The highest BCUT2D eigenvalue weighted by molar-refractivity contribution is 7.99. The van der Waals surface area contributed by atoms with Gasteiger partial charge in [0.1, 0.15) is 0 Å². The Bertz CT molecular complexity index is 243. The number of hydrogen-bond acceptors (Lipinski definition) is 3. The largest absolute Gasteiger partial charge is 0.214 e. The van der Waals surface area contributed by atoms with E-state index in [4.69, 9.17) is 0 Å². The zero-order valence-electron chi connectivity index (χ0n) is 8.19. The quantitative estimate of drug-likeness (QED) is 0.717. The highest BCUT2D eigenvalue weighted by Crippen LogP contribution is 2.14. The second-order valence-electron chi connectivity index (χ2n) is 3.68. The summed E-state index contributed by atoms with van der Waals surface area (Å²) in [6.07, 6.45) is 0. The summed E-state index contributed by atoms with van der Waals surface area (Å²) in [5.74, 6) is 2.39. The summed E-state index contributed by atoms with van der Waals surface area (Å²) in [4.78, 5) is 0. The van der Waals surface area contributed by atoms with Crippen LogP contribution in [0.1, 0.15) is 13.8 Å². The highest BCUT2D eigenvalue weighted by Gasteiger charge is 2.24. The first-order valence-electron chi connectivity index (χ1n) is 4.58. The van der Waals surface area contributed by atoms with E-state index in [9.17, 15) is 8.42 Å². The molecule has 5 heteroatoms. The molecule has 78 valence electrons. The fraction of sp³-hybridized carbons (Fsp3) is 1.00. The molecular formula is C8H17NO2S2. The zero-order valence-corrected chi connectivity index (χ0v) is 9.83. The fourth-order valence-corrected chi connectivity index (χ4v) is 4.28. The lowest BCUT2D eigenvalue weighted by Gasteiger charge is -2.26. The summed E-state index contributed by atoms with van der Waals surface area (Å²) < 4.78 is 25.1. The van der Waals surface area contributed by atoms with Gasteiger partial charge in [0.2, 0.25) is 10.0 Å². The van der Waals surface area contributed by atoms with Crippen molar-refractivity contribution in [2.75, 3.05) is 30.3 Å². The first-order valence-corrected chi connectivity index (χ1v) is 7.34. The molecule has 0 N–H and O–H groups in total. The molecule has 1 heterocycles. The first kappa shape index (κ1) is 11.3. The number of hydrogen-bond donors (Lipinski definition) is 0. The minimum absolute atomic E-state index is 0.222. The van der Waals surface area contributed by atoms with Crippen molar-refractivity contribution in [3.05, 3.63) is 0 Å². The van der Waals surface area contributed by atoms with Gasteiger partial charge in [-0.2, -0.15) is 11.8 Å². The molecule has 1 aliphatic heterocycles. The van der Waals surface area contributed by atoms with Crippen LogP contribution in [0, 0.1) is 5.92 Å². The number of nitrogens with zero attached hydrogens (tertiary/aromatic N) is 1. The van der Waals surface area contributed by atoms with Crippen LogP contribution in [0.4, 0.5) is 0 Å². The molecule has 0 aromatic heterocycles. The van der Waals surface area contributed by atoms with Gasteiger partial charge in [0.25, 0.3) is 0 Å². The van der Waals surface area contributed by atoms with Crippen molar-refractivity contribution < 1.29 is 8.42 Å². The molecule has 13 heavy (non-hydrogen) atoms. The Labute approximate surface area is 84.9 Å². The topological polar surface area (TPSA) is 37.4 Å². The molecule has 3 nitrogen and oxygen atoms in total. The third kappa shape index (κ3) is 3.48. The molecule has 0 radical (unpaired) electrons. The lowest BCUT2D eigenvalue weighted by atomic mass is 10.3. The Morgan fingerprint density at radius 1 is 1.31 bits per heavy atom. The minimum atomic E-state index is -2.96. The van der Waals surface area contributed by atoms with Crippen molar-refractivity contribution in [1.29, 1.82) is 0 Å². The molecule has 0 aromatic carbocycles. The third-order valence-corrected chi connectivity index (χ3v) is 5.09. The van der Waals surface area contributed by atoms with E-state index >= 15 is 0 Å². The van der Waals surface area contributed by atoms with Crippen LogP contribution in [0.3, 0.4) is 0 Å². The zero-order chi connectivity index (χ0) is 9.90. The molecular weight excluding hydrogens is 206 g/mol. The summed E-state index contributed by atoms with van der Waals surface area (Å²) in [7, 11) is -2.96. The van der Waals surface area contributed by atoms with Gasteiger partial charge in [-0.15, -0.1) is 0 Å². The minimum Gasteiger partial charge on any atom is -0.212 e. The van der Waals surface area contributed by atoms with E-state index in [1.54, 1.807) is 4.31 Å². The van der Waals surface area contributed by atoms with E-state index in [-0.39, 0.29) is 11.7 Å². The summed E-state index contributed by atoms with van der Waals surface area (Å²) in [6.45, 7) is 5.27. The van der Waals surface area contributed by atoms with E-state index in [0.717, 1.165) is 11.5 Å². The summed E-state index contributed by atoms with van der Waals surface area (Å²) in [6, 6.07) is 0. The molecule has 0 bridgehead atoms. The molecule has 0 aromatic rings. The maximum atomic E-state index is 11.7. The van der Waals surface area contributed by atoms with Crippen LogP contribution in [0.5, 0.6) is 0 Å². The van der Waals surface area contributed by atoms with Crippen molar-refractivity contribution in [3.8, 4) is 0 Å². The normalized spacial score (nSPS) is 20.8. The van der Waals surface area contributed by atoms with Crippen molar-refractivity contribution in [3.63, 3.8) is 0 Å². The second kappa shape index (κ2) is 4.66. The summed E-state index contributed by atoms with van der Waals surface area (Å²) in [5, 5.41) is 0. The number of sulfonamides is 1. The van der Waals surface area contributed by atoms with Crippen LogP contribution in [0.15, 0.2) is 0 Å². The van der Waals surface area contributed by atoms with Gasteiger partial charge in [-0.25, -0.2) is 12.7 Å². The van der Waals surface area contributed by atoms with Crippen LogP contribution in [-0.2, 0) is 10.0 Å². The maximum absolute atomic E-state index is 11.7. The number of rotatable bonds is 3. The van der Waals surface area contributed by atoms with E-state index in [2.05, 4.69) is 0 Å². The monoisotopic (exact) mass is 223 g/mol. The van der Waals surface area contributed by atoms with E-state index in [0.29, 0.717) is 13.1 Å². The Hall–Kier alpha value is 0.260. The standard InChI is InChI=1S/C8H17NO2S2/c1-8(2)7-13(10,11)9-3-5-12-6-4-9/h8H,3-7H2,1-2H3. The highest BCUT2D eigenvalue weighted by atomic mass is 32.2. The smallest absolute Gasteiger partial charge is 0.212 e. The average molecular weight is 223 g/mol. The van der Waals surface area contributed by atoms with Crippen molar-refractivity contribution in [2.24, 2.45) is 5.92 Å². The van der Waals surface area contributed by atoms with Crippen LogP contribution in [0.2, 0.25) is 0 Å². The van der Waals surface area contributed by atoms with Gasteiger partial charge in [-0.3, -0.25) is 0 Å². The summed E-state index contributed by atoms with van der Waals surface area (Å²) in [5.41, 5.74) is 0. The van der Waals surface area contributed by atoms with Crippen LogP contribution in [-0.4, -0.2) is 43.1 Å². The van der Waals surface area contributed by atoms with Gasteiger partial charge in [0, 0.05) is 24.6 Å². The Kier molecular flexibility index (Phi) is 4.06. The van der Waals surface area contributed by atoms with Gasteiger partial charge in [-0.05, 0) is 5.92 Å². The molecule has 1 rings (SSSR count). The molecule has 0 aliphatic carbocycles. The van der Waals surface area contributed by atoms with Gasteiger partial charge in [0.05, 0.1) is 5.75 Å².